The first kappa shape index (κ1) is 12.9. The highest BCUT2D eigenvalue weighted by Gasteiger charge is 2.15. The number of nitrogens with one attached hydrogen (secondary N) is 1. The Morgan fingerprint density at radius 2 is 2.05 bits per heavy atom. The molecule has 1 aliphatic rings. The first-order chi connectivity index (χ1) is 9.74. The minimum atomic E-state index is 0.734. The van der Waals surface area contributed by atoms with Crippen LogP contribution in [0.25, 0.3) is 0 Å². The molecule has 0 fully saturated rings. The molecule has 3 rings (SSSR count). The number of hydrogen-bond acceptors (Lipinski definition) is 3. The summed E-state index contributed by atoms with van der Waals surface area (Å²) < 4.78 is 5.83. The molecule has 0 radical (unpaired) electrons. The Bertz CT molecular complexity index is 610. The summed E-state index contributed by atoms with van der Waals surface area (Å²) >= 11 is 0. The van der Waals surface area contributed by atoms with Crippen molar-refractivity contribution in [3.05, 3.63) is 53.6 Å². The molecule has 0 unspecified atom stereocenters. The second-order valence-electron chi connectivity index (χ2n) is 5.26. The van der Waals surface area contributed by atoms with Gasteiger partial charge in [0.15, 0.2) is 0 Å². The molecular formula is C17H20N2O. The van der Waals surface area contributed by atoms with Gasteiger partial charge in [-0.15, -0.1) is 0 Å². The number of benzene rings is 2. The minimum Gasteiger partial charge on any atom is -0.489 e. The second-order valence-corrected chi connectivity index (χ2v) is 5.26. The van der Waals surface area contributed by atoms with Gasteiger partial charge < -0.3 is 15.0 Å². The molecule has 0 aliphatic carbocycles. The second kappa shape index (κ2) is 5.45. The van der Waals surface area contributed by atoms with Crippen LogP contribution in [0.15, 0.2) is 42.5 Å². The van der Waals surface area contributed by atoms with E-state index in [1.54, 1.807) is 0 Å². The Labute approximate surface area is 120 Å². The molecule has 104 valence electrons. The van der Waals surface area contributed by atoms with Crippen molar-refractivity contribution in [3.63, 3.8) is 0 Å². The minimum absolute atomic E-state index is 0.734. The number of nitrogens with zero attached hydrogens (tertiary/aromatic N) is 1. The molecule has 2 aromatic rings. The van der Waals surface area contributed by atoms with E-state index in [1.165, 1.54) is 16.8 Å². The van der Waals surface area contributed by atoms with Gasteiger partial charge in [0.05, 0.1) is 5.69 Å². The van der Waals surface area contributed by atoms with Crippen LogP contribution in [-0.2, 0) is 6.54 Å². The summed E-state index contributed by atoms with van der Waals surface area (Å²) in [5, 5.41) is 3.38. The highest BCUT2D eigenvalue weighted by Crippen LogP contribution is 2.32. The molecule has 20 heavy (non-hydrogen) atoms. The number of aryl methyl sites for hydroxylation is 1. The molecule has 2 aromatic carbocycles. The number of rotatable bonds is 3. The van der Waals surface area contributed by atoms with Gasteiger partial charge in [0.2, 0.25) is 0 Å². The normalized spacial score (nSPS) is 13.1. The topological polar surface area (TPSA) is 24.5 Å². The zero-order valence-corrected chi connectivity index (χ0v) is 12.0. The molecule has 3 heteroatoms. The van der Waals surface area contributed by atoms with Crippen LogP contribution in [0.4, 0.5) is 11.4 Å². The van der Waals surface area contributed by atoms with Crippen LogP contribution in [0.5, 0.6) is 5.75 Å². The molecule has 1 heterocycles. The zero-order chi connectivity index (χ0) is 13.9. The molecule has 0 bridgehead atoms. The van der Waals surface area contributed by atoms with E-state index >= 15 is 0 Å². The maximum absolute atomic E-state index is 5.83. The van der Waals surface area contributed by atoms with Crippen LogP contribution < -0.4 is 15.0 Å². The van der Waals surface area contributed by atoms with Gasteiger partial charge >= 0.3 is 0 Å². The predicted octanol–water partition coefficient (Wildman–Crippen LogP) is 3.44. The molecule has 0 spiro atoms. The number of para-hydroxylation sites is 1. The Morgan fingerprint density at radius 1 is 1.20 bits per heavy atom. The number of ether oxygens (including phenoxy) is 1. The maximum atomic E-state index is 5.83. The summed E-state index contributed by atoms with van der Waals surface area (Å²) in [5.41, 5.74) is 4.83. The lowest BCUT2D eigenvalue weighted by molar-refractivity contribution is 0.320. The first-order valence-electron chi connectivity index (χ1n) is 7.00. The average Bonchev–Trinajstić information content (AvgIpc) is 2.47. The van der Waals surface area contributed by atoms with Crippen LogP contribution in [0.1, 0.15) is 11.1 Å². The molecule has 0 saturated carbocycles. The fraction of sp³-hybridized carbons (Fsp3) is 0.294. The van der Waals surface area contributed by atoms with Crippen LogP contribution in [0, 0.1) is 6.92 Å². The van der Waals surface area contributed by atoms with Crippen molar-refractivity contribution < 1.29 is 4.74 Å². The van der Waals surface area contributed by atoms with E-state index in [-0.39, 0.29) is 0 Å². The van der Waals surface area contributed by atoms with Crippen molar-refractivity contribution in [1.82, 2.24) is 0 Å². The van der Waals surface area contributed by atoms with Gasteiger partial charge in [-0.2, -0.15) is 0 Å². The van der Waals surface area contributed by atoms with Crippen molar-refractivity contribution in [2.45, 2.75) is 13.5 Å². The van der Waals surface area contributed by atoms with Crippen molar-refractivity contribution >= 4 is 11.4 Å². The molecule has 1 aliphatic heterocycles. The SMILES string of the molecule is Cc1cccc(N(C)Cc2cccc3c2OCCN3)c1. The van der Waals surface area contributed by atoms with Crippen molar-refractivity contribution in [2.24, 2.45) is 0 Å². The summed E-state index contributed by atoms with van der Waals surface area (Å²) in [7, 11) is 2.12. The molecule has 1 N–H and O–H groups in total. The largest absolute Gasteiger partial charge is 0.489 e. The van der Waals surface area contributed by atoms with E-state index in [4.69, 9.17) is 4.74 Å². The molecule has 0 saturated heterocycles. The Hall–Kier alpha value is -2.16. The smallest absolute Gasteiger partial charge is 0.147 e. The Balaban J connectivity index is 1.84. The average molecular weight is 268 g/mol. The predicted molar refractivity (Wildman–Crippen MR) is 83.7 cm³/mol. The fourth-order valence-corrected chi connectivity index (χ4v) is 2.57. The summed E-state index contributed by atoms with van der Waals surface area (Å²) in [6.07, 6.45) is 0. The van der Waals surface area contributed by atoms with E-state index in [0.717, 1.165) is 31.1 Å². The van der Waals surface area contributed by atoms with Gasteiger partial charge in [-0.05, 0) is 30.7 Å². The number of hydrogen-bond donors (Lipinski definition) is 1. The molecule has 0 aromatic heterocycles. The third-order valence-corrected chi connectivity index (χ3v) is 3.61. The fourth-order valence-electron chi connectivity index (χ4n) is 2.57. The van der Waals surface area contributed by atoms with Gasteiger partial charge in [0.1, 0.15) is 12.4 Å². The third-order valence-electron chi connectivity index (χ3n) is 3.61. The summed E-state index contributed by atoms with van der Waals surface area (Å²) in [4.78, 5) is 2.25. The van der Waals surface area contributed by atoms with Gasteiger partial charge in [0, 0.05) is 31.4 Å². The van der Waals surface area contributed by atoms with Gasteiger partial charge in [-0.1, -0.05) is 24.3 Å². The Kier molecular flexibility index (Phi) is 3.50. The summed E-state index contributed by atoms with van der Waals surface area (Å²) in [6.45, 7) is 4.57. The standard InChI is InChI=1S/C17H20N2O/c1-13-5-3-7-15(11-13)19(2)12-14-6-4-8-16-17(14)20-10-9-18-16/h3-8,11,18H,9-10,12H2,1-2H3. The van der Waals surface area contributed by atoms with Gasteiger partial charge in [0.25, 0.3) is 0 Å². The van der Waals surface area contributed by atoms with Crippen LogP contribution >= 0.6 is 0 Å². The number of anilines is 2. The van der Waals surface area contributed by atoms with Crippen molar-refractivity contribution in [2.75, 3.05) is 30.4 Å². The molecular weight excluding hydrogens is 248 g/mol. The lowest BCUT2D eigenvalue weighted by atomic mass is 10.1. The molecule has 0 amide bonds. The van der Waals surface area contributed by atoms with E-state index in [1.807, 2.05) is 0 Å². The van der Waals surface area contributed by atoms with Crippen LogP contribution in [0.2, 0.25) is 0 Å². The lowest BCUT2D eigenvalue weighted by Crippen LogP contribution is -2.22. The third kappa shape index (κ3) is 2.57. The molecule has 0 atom stereocenters. The summed E-state index contributed by atoms with van der Waals surface area (Å²) in [5.74, 6) is 0.998. The van der Waals surface area contributed by atoms with E-state index in [2.05, 4.69) is 66.7 Å². The summed E-state index contributed by atoms with van der Waals surface area (Å²) in [6, 6.07) is 14.9. The Morgan fingerprint density at radius 3 is 2.90 bits per heavy atom. The highest BCUT2D eigenvalue weighted by molar-refractivity contribution is 5.62. The first-order valence-corrected chi connectivity index (χ1v) is 7.00. The maximum Gasteiger partial charge on any atom is 0.147 e. The lowest BCUT2D eigenvalue weighted by Gasteiger charge is -2.25. The van der Waals surface area contributed by atoms with E-state index < -0.39 is 0 Å². The van der Waals surface area contributed by atoms with Crippen LogP contribution in [-0.4, -0.2) is 20.2 Å². The van der Waals surface area contributed by atoms with Gasteiger partial charge in [-0.25, -0.2) is 0 Å². The van der Waals surface area contributed by atoms with Crippen molar-refractivity contribution in [3.8, 4) is 5.75 Å². The van der Waals surface area contributed by atoms with E-state index in [0.29, 0.717) is 0 Å². The van der Waals surface area contributed by atoms with E-state index in [9.17, 15) is 0 Å². The van der Waals surface area contributed by atoms with Gasteiger partial charge in [-0.3, -0.25) is 0 Å². The molecule has 3 nitrogen and oxygen atoms in total. The monoisotopic (exact) mass is 268 g/mol. The van der Waals surface area contributed by atoms with Crippen molar-refractivity contribution in [1.29, 1.82) is 0 Å². The quantitative estimate of drug-likeness (QED) is 0.923. The highest BCUT2D eigenvalue weighted by atomic mass is 16.5. The zero-order valence-electron chi connectivity index (χ0n) is 12.0. The number of fused-ring (bicyclic) bond motifs is 1. The van der Waals surface area contributed by atoms with Crippen LogP contribution in [0.3, 0.4) is 0 Å².